The standard InChI is InChI=1S/C54H30S2/c1-3-37-15-13-17-39(35-37)31-33-53(45-23-9-5-19-41(45)42-20-6-10-24-46(42)53)51-29-27-49(55-51)50-28-30-52(56-50)54(34-32-40-18-14-16-38(4-2)36-40)47-25-11-7-21-43(47)44-22-8-12-26-48(44)54/h1-2,5-30,35-36H. The van der Waals surface area contributed by atoms with Crippen LogP contribution in [0.4, 0.5) is 0 Å². The highest BCUT2D eigenvalue weighted by Crippen LogP contribution is 2.57. The third kappa shape index (κ3) is 5.14. The summed E-state index contributed by atoms with van der Waals surface area (Å²) in [6.07, 6.45) is 11.6. The first-order valence-electron chi connectivity index (χ1n) is 18.4. The Balaban J connectivity index is 1.14. The molecule has 0 radical (unpaired) electrons. The molecular formula is C54H30S2. The van der Waals surface area contributed by atoms with Crippen molar-refractivity contribution in [3.63, 3.8) is 0 Å². The highest BCUT2D eigenvalue weighted by atomic mass is 32.1. The van der Waals surface area contributed by atoms with Gasteiger partial charge in [0.1, 0.15) is 10.8 Å². The minimum atomic E-state index is -0.661. The topological polar surface area (TPSA) is 0 Å². The smallest absolute Gasteiger partial charge is 0.117 e. The van der Waals surface area contributed by atoms with E-state index in [4.69, 9.17) is 12.8 Å². The Hall–Kier alpha value is -7.04. The summed E-state index contributed by atoms with van der Waals surface area (Å²) in [5.41, 5.74) is 11.8. The summed E-state index contributed by atoms with van der Waals surface area (Å²) >= 11 is 3.63. The zero-order valence-electron chi connectivity index (χ0n) is 30.1. The lowest BCUT2D eigenvalue weighted by atomic mass is 9.77. The third-order valence-electron chi connectivity index (χ3n) is 10.9. The second-order valence-electron chi connectivity index (χ2n) is 14.0. The average molecular weight is 743 g/mol. The maximum Gasteiger partial charge on any atom is 0.117 e. The summed E-state index contributed by atoms with van der Waals surface area (Å²) in [5.74, 6) is 20.3. The number of fused-ring (bicyclic) bond motifs is 6. The Morgan fingerprint density at radius 3 is 1.05 bits per heavy atom. The van der Waals surface area contributed by atoms with Gasteiger partial charge < -0.3 is 0 Å². The zero-order chi connectivity index (χ0) is 37.7. The molecule has 2 aliphatic carbocycles. The molecule has 0 amide bonds. The number of thiophene rings is 2. The molecule has 2 aromatic heterocycles. The van der Waals surface area contributed by atoms with Crippen molar-refractivity contribution in [3.05, 3.63) is 224 Å². The van der Waals surface area contributed by atoms with Gasteiger partial charge in [0.05, 0.1) is 0 Å². The molecule has 2 heterocycles. The first-order valence-corrected chi connectivity index (χ1v) is 20.1. The van der Waals surface area contributed by atoms with E-state index in [1.807, 2.05) is 71.2 Å². The molecule has 56 heavy (non-hydrogen) atoms. The van der Waals surface area contributed by atoms with Crippen molar-refractivity contribution in [3.8, 4) is 80.4 Å². The van der Waals surface area contributed by atoms with Crippen LogP contribution in [-0.4, -0.2) is 0 Å². The normalized spacial score (nSPS) is 13.3. The molecule has 0 atom stereocenters. The van der Waals surface area contributed by atoms with Crippen LogP contribution in [0.1, 0.15) is 54.3 Å². The van der Waals surface area contributed by atoms with Gasteiger partial charge in [-0.15, -0.1) is 35.5 Å². The fourth-order valence-corrected chi connectivity index (χ4v) is 10.9. The van der Waals surface area contributed by atoms with Gasteiger partial charge in [-0.2, -0.15) is 0 Å². The number of hydrogen-bond donors (Lipinski definition) is 0. The van der Waals surface area contributed by atoms with Crippen LogP contribution in [0, 0.1) is 48.4 Å². The van der Waals surface area contributed by atoms with Crippen molar-refractivity contribution in [2.75, 3.05) is 0 Å². The van der Waals surface area contributed by atoms with E-state index in [9.17, 15) is 0 Å². The fraction of sp³-hybridized carbons (Fsp3) is 0.0370. The monoisotopic (exact) mass is 742 g/mol. The number of hydrogen-bond acceptors (Lipinski definition) is 2. The molecule has 8 aromatic rings. The average Bonchev–Trinajstić information content (AvgIpc) is 4.06. The molecule has 10 rings (SSSR count). The SMILES string of the molecule is C#Cc1cccc(C#CC2(c3ccc(-c4ccc(C5(C#Cc6cccc(C#C)c6)c6ccccc6-c6ccccc65)s4)s3)c3ccccc3-c3ccccc32)c1. The van der Waals surface area contributed by atoms with Gasteiger partial charge in [-0.3, -0.25) is 0 Å². The summed E-state index contributed by atoms with van der Waals surface area (Å²) in [6.45, 7) is 0. The number of rotatable bonds is 3. The largest absolute Gasteiger partial charge is 0.137 e. The van der Waals surface area contributed by atoms with Crippen LogP contribution in [0.3, 0.4) is 0 Å². The summed E-state index contributed by atoms with van der Waals surface area (Å²) in [4.78, 5) is 4.75. The van der Waals surface area contributed by atoms with E-state index in [-0.39, 0.29) is 0 Å². The second-order valence-corrected chi connectivity index (χ2v) is 16.1. The highest BCUT2D eigenvalue weighted by Gasteiger charge is 2.46. The van der Waals surface area contributed by atoms with Crippen molar-refractivity contribution in [2.24, 2.45) is 0 Å². The lowest BCUT2D eigenvalue weighted by Crippen LogP contribution is -2.23. The van der Waals surface area contributed by atoms with E-state index in [0.29, 0.717) is 0 Å². The van der Waals surface area contributed by atoms with Crippen LogP contribution < -0.4 is 0 Å². The first-order chi connectivity index (χ1) is 27.6. The molecule has 6 aromatic carbocycles. The van der Waals surface area contributed by atoms with Gasteiger partial charge in [-0.05, 0) is 105 Å². The Morgan fingerprint density at radius 2 is 0.696 bits per heavy atom. The predicted octanol–water partition coefficient (Wildman–Crippen LogP) is 12.2. The minimum absolute atomic E-state index is 0.661. The zero-order valence-corrected chi connectivity index (χ0v) is 31.8. The molecule has 0 fully saturated rings. The van der Waals surface area contributed by atoms with Crippen LogP contribution >= 0.6 is 22.7 Å². The molecule has 2 aliphatic rings. The van der Waals surface area contributed by atoms with Crippen molar-refractivity contribution in [1.29, 1.82) is 0 Å². The van der Waals surface area contributed by atoms with Crippen LogP contribution in [0.15, 0.2) is 170 Å². The predicted molar refractivity (Wildman–Crippen MR) is 234 cm³/mol. The van der Waals surface area contributed by atoms with Gasteiger partial charge in [0.2, 0.25) is 0 Å². The van der Waals surface area contributed by atoms with Gasteiger partial charge in [-0.25, -0.2) is 0 Å². The molecule has 0 saturated heterocycles. The Bertz CT molecular complexity index is 2790. The minimum Gasteiger partial charge on any atom is -0.137 e. The molecular weight excluding hydrogens is 713 g/mol. The summed E-state index contributed by atoms with van der Waals surface area (Å²) < 4.78 is 0. The molecule has 0 spiro atoms. The van der Waals surface area contributed by atoms with Crippen LogP contribution in [0.5, 0.6) is 0 Å². The fourth-order valence-electron chi connectivity index (χ4n) is 8.44. The maximum atomic E-state index is 5.78. The van der Waals surface area contributed by atoms with E-state index < -0.39 is 10.8 Å². The van der Waals surface area contributed by atoms with Crippen LogP contribution in [0.25, 0.3) is 32.0 Å². The Labute approximate surface area is 336 Å². The second kappa shape index (κ2) is 13.4. The van der Waals surface area contributed by atoms with Gasteiger partial charge in [-0.1, -0.05) is 145 Å². The van der Waals surface area contributed by atoms with Crippen molar-refractivity contribution in [2.45, 2.75) is 10.8 Å². The maximum absolute atomic E-state index is 5.78. The highest BCUT2D eigenvalue weighted by molar-refractivity contribution is 7.22. The quantitative estimate of drug-likeness (QED) is 0.158. The number of terminal acetylenes is 2. The lowest BCUT2D eigenvalue weighted by Gasteiger charge is -2.25. The number of benzene rings is 6. The molecule has 0 bridgehead atoms. The van der Waals surface area contributed by atoms with Gasteiger partial charge >= 0.3 is 0 Å². The van der Waals surface area contributed by atoms with Gasteiger partial charge in [0.25, 0.3) is 0 Å². The van der Waals surface area contributed by atoms with E-state index in [1.165, 1.54) is 64.0 Å². The summed E-state index contributed by atoms with van der Waals surface area (Å²) in [7, 11) is 0. The van der Waals surface area contributed by atoms with Crippen LogP contribution in [0.2, 0.25) is 0 Å². The molecule has 0 unspecified atom stereocenters. The van der Waals surface area contributed by atoms with Crippen LogP contribution in [-0.2, 0) is 10.8 Å². The van der Waals surface area contributed by atoms with E-state index in [1.54, 1.807) is 0 Å². The van der Waals surface area contributed by atoms with Crippen molar-refractivity contribution in [1.82, 2.24) is 0 Å². The third-order valence-corrected chi connectivity index (χ3v) is 13.6. The Kier molecular flexibility index (Phi) is 8.00. The molecule has 0 saturated carbocycles. The molecule has 258 valence electrons. The molecule has 0 N–H and O–H groups in total. The van der Waals surface area contributed by atoms with Gasteiger partial charge in [0.15, 0.2) is 0 Å². The van der Waals surface area contributed by atoms with E-state index in [2.05, 4.69) is 157 Å². The molecule has 0 aliphatic heterocycles. The van der Waals surface area contributed by atoms with Crippen molar-refractivity contribution < 1.29 is 0 Å². The van der Waals surface area contributed by atoms with E-state index in [0.717, 1.165) is 22.3 Å². The van der Waals surface area contributed by atoms with Crippen molar-refractivity contribution >= 4 is 22.7 Å². The molecule has 0 nitrogen and oxygen atoms in total. The summed E-state index contributed by atoms with van der Waals surface area (Å²) in [5, 5.41) is 0. The molecule has 2 heteroatoms. The summed E-state index contributed by atoms with van der Waals surface area (Å²) in [6, 6.07) is 59.8. The lowest BCUT2D eigenvalue weighted by molar-refractivity contribution is 0.860. The van der Waals surface area contributed by atoms with Gasteiger partial charge in [0, 0.05) is 41.8 Å². The first kappa shape index (κ1) is 33.5. The Morgan fingerprint density at radius 1 is 0.357 bits per heavy atom. The van der Waals surface area contributed by atoms with E-state index >= 15 is 0 Å².